The number of nitrogens with zero attached hydrogens (tertiary/aromatic N) is 1. The molecule has 5 heteroatoms. The fourth-order valence-corrected chi connectivity index (χ4v) is 3.60. The molecule has 0 N–H and O–H groups in total. The Hall–Kier alpha value is -2.20. The molecule has 1 aliphatic heterocycles. The van der Waals surface area contributed by atoms with Crippen molar-refractivity contribution in [2.45, 2.75) is 51.8 Å². The summed E-state index contributed by atoms with van der Waals surface area (Å²) >= 11 is 5.97. The number of carbonyl (C=O) groups is 1. The van der Waals surface area contributed by atoms with E-state index in [0.717, 1.165) is 35.5 Å². The van der Waals surface area contributed by atoms with Gasteiger partial charge in [0.25, 0.3) is 0 Å². The smallest absolute Gasteiger partial charge is 0.223 e. The van der Waals surface area contributed by atoms with Crippen LogP contribution in [0.3, 0.4) is 0 Å². The Morgan fingerprint density at radius 1 is 1.11 bits per heavy atom. The summed E-state index contributed by atoms with van der Waals surface area (Å²) in [4.78, 5) is 14.4. The zero-order valence-electron chi connectivity index (χ0n) is 16.1. The van der Waals surface area contributed by atoms with Crippen molar-refractivity contribution in [3.05, 3.63) is 58.6 Å². The van der Waals surface area contributed by atoms with E-state index in [4.69, 9.17) is 21.1 Å². The molecule has 27 heavy (non-hydrogen) atoms. The van der Waals surface area contributed by atoms with Gasteiger partial charge >= 0.3 is 0 Å². The molecule has 1 atom stereocenters. The van der Waals surface area contributed by atoms with Crippen LogP contribution in [0.1, 0.15) is 37.8 Å². The molecule has 1 fully saturated rings. The number of carbonyl (C=O) groups excluding carboxylic acids is 1. The van der Waals surface area contributed by atoms with Crippen molar-refractivity contribution < 1.29 is 14.3 Å². The second-order valence-corrected chi connectivity index (χ2v) is 7.63. The van der Waals surface area contributed by atoms with Crippen molar-refractivity contribution >= 4 is 17.5 Å². The molecule has 0 spiro atoms. The third-order valence-electron chi connectivity index (χ3n) is 4.78. The van der Waals surface area contributed by atoms with Gasteiger partial charge in [-0.3, -0.25) is 4.79 Å². The van der Waals surface area contributed by atoms with E-state index in [-0.39, 0.29) is 18.1 Å². The highest BCUT2D eigenvalue weighted by Gasteiger charge is 2.31. The predicted octanol–water partition coefficient (Wildman–Crippen LogP) is 4.87. The van der Waals surface area contributed by atoms with Crippen molar-refractivity contribution in [3.63, 3.8) is 0 Å². The van der Waals surface area contributed by atoms with Crippen LogP contribution in [0.5, 0.6) is 11.5 Å². The maximum absolute atomic E-state index is 12.4. The number of ether oxygens (including phenoxy) is 2. The average molecular weight is 388 g/mol. The summed E-state index contributed by atoms with van der Waals surface area (Å²) in [7, 11) is 1.64. The number of methoxy groups -OCH3 is 1. The third-order valence-corrected chi connectivity index (χ3v) is 5.03. The van der Waals surface area contributed by atoms with Gasteiger partial charge in [-0.15, -0.1) is 0 Å². The van der Waals surface area contributed by atoms with Crippen LogP contribution < -0.4 is 9.47 Å². The molecule has 3 rings (SSSR count). The predicted molar refractivity (Wildman–Crippen MR) is 107 cm³/mol. The summed E-state index contributed by atoms with van der Waals surface area (Å²) in [6, 6.07) is 13.9. The van der Waals surface area contributed by atoms with E-state index >= 15 is 0 Å². The van der Waals surface area contributed by atoms with Gasteiger partial charge in [0.2, 0.25) is 5.91 Å². The summed E-state index contributed by atoms with van der Waals surface area (Å²) in [6.45, 7) is 4.61. The fourth-order valence-electron chi connectivity index (χ4n) is 3.48. The molecule has 1 saturated heterocycles. The van der Waals surface area contributed by atoms with Gasteiger partial charge in [0, 0.05) is 24.0 Å². The van der Waals surface area contributed by atoms with E-state index in [0.29, 0.717) is 18.0 Å². The quantitative estimate of drug-likeness (QED) is 0.680. The minimum Gasteiger partial charge on any atom is -0.493 e. The Kier molecular flexibility index (Phi) is 6.27. The molecule has 0 saturated carbocycles. The molecule has 2 aromatic carbocycles. The molecule has 4 nitrogen and oxygen atoms in total. The molecule has 1 amide bonds. The first-order valence-electron chi connectivity index (χ1n) is 9.33. The van der Waals surface area contributed by atoms with E-state index in [1.54, 1.807) is 7.11 Å². The van der Waals surface area contributed by atoms with Crippen LogP contribution in [0, 0.1) is 0 Å². The molecule has 0 bridgehead atoms. The van der Waals surface area contributed by atoms with Crippen LogP contribution in [0.25, 0.3) is 0 Å². The Morgan fingerprint density at radius 2 is 1.81 bits per heavy atom. The maximum atomic E-state index is 12.4. The van der Waals surface area contributed by atoms with E-state index < -0.39 is 0 Å². The van der Waals surface area contributed by atoms with Gasteiger partial charge in [0.05, 0.1) is 13.2 Å². The van der Waals surface area contributed by atoms with E-state index in [2.05, 4.69) is 6.07 Å². The average Bonchev–Trinajstić information content (AvgIpc) is 2.97. The molecular formula is C22H26ClNO3. The Bertz CT molecular complexity index is 789. The first-order chi connectivity index (χ1) is 13.0. The van der Waals surface area contributed by atoms with E-state index in [1.165, 1.54) is 0 Å². The second-order valence-electron chi connectivity index (χ2n) is 7.20. The molecule has 0 aliphatic carbocycles. The molecule has 1 aliphatic rings. The Balaban J connectivity index is 1.75. The number of benzene rings is 2. The summed E-state index contributed by atoms with van der Waals surface area (Å²) in [5.74, 6) is 1.69. The lowest BCUT2D eigenvalue weighted by Crippen LogP contribution is -2.33. The van der Waals surface area contributed by atoms with Crippen LogP contribution in [-0.2, 0) is 17.8 Å². The lowest BCUT2D eigenvalue weighted by molar-refractivity contribution is -0.129. The van der Waals surface area contributed by atoms with E-state index in [1.807, 2.05) is 55.1 Å². The topological polar surface area (TPSA) is 38.8 Å². The van der Waals surface area contributed by atoms with Gasteiger partial charge in [0.15, 0.2) is 11.5 Å². The van der Waals surface area contributed by atoms with Crippen molar-refractivity contribution in [2.75, 3.05) is 7.11 Å². The highest BCUT2D eigenvalue weighted by molar-refractivity contribution is 6.30. The van der Waals surface area contributed by atoms with Crippen LogP contribution >= 0.6 is 11.6 Å². The molecule has 0 aromatic heterocycles. The van der Waals surface area contributed by atoms with Gasteiger partial charge in [-0.05, 0) is 62.1 Å². The van der Waals surface area contributed by atoms with Gasteiger partial charge < -0.3 is 14.4 Å². The van der Waals surface area contributed by atoms with Gasteiger partial charge in [-0.25, -0.2) is 0 Å². The van der Waals surface area contributed by atoms with Crippen LogP contribution in [0.2, 0.25) is 5.02 Å². The highest BCUT2D eigenvalue weighted by Crippen LogP contribution is 2.31. The number of halogens is 1. The molecule has 1 unspecified atom stereocenters. The summed E-state index contributed by atoms with van der Waals surface area (Å²) in [5.41, 5.74) is 2.24. The zero-order chi connectivity index (χ0) is 19.4. The molecule has 0 radical (unpaired) electrons. The summed E-state index contributed by atoms with van der Waals surface area (Å²) < 4.78 is 11.3. The lowest BCUT2D eigenvalue weighted by Gasteiger charge is -2.25. The number of hydrogen-bond donors (Lipinski definition) is 0. The van der Waals surface area contributed by atoms with Crippen molar-refractivity contribution in [1.29, 1.82) is 0 Å². The Morgan fingerprint density at radius 3 is 2.48 bits per heavy atom. The van der Waals surface area contributed by atoms with Crippen LogP contribution in [-0.4, -0.2) is 30.1 Å². The maximum Gasteiger partial charge on any atom is 0.223 e. The number of amides is 1. The SMILES string of the molecule is COc1ccc(CC2CCC(=O)N2Cc2ccc(Cl)cc2)cc1OC(C)C. The summed E-state index contributed by atoms with van der Waals surface area (Å²) in [5, 5.41) is 0.707. The molecule has 2 aromatic rings. The second kappa shape index (κ2) is 8.66. The van der Waals surface area contributed by atoms with Crippen LogP contribution in [0.4, 0.5) is 0 Å². The molecule has 144 valence electrons. The van der Waals surface area contributed by atoms with Crippen molar-refractivity contribution in [2.24, 2.45) is 0 Å². The van der Waals surface area contributed by atoms with E-state index in [9.17, 15) is 4.79 Å². The van der Waals surface area contributed by atoms with Crippen molar-refractivity contribution in [3.8, 4) is 11.5 Å². The molecule has 1 heterocycles. The number of rotatable bonds is 7. The largest absolute Gasteiger partial charge is 0.493 e. The molecular weight excluding hydrogens is 362 g/mol. The first-order valence-corrected chi connectivity index (χ1v) is 9.71. The number of likely N-dealkylation sites (tertiary alicyclic amines) is 1. The lowest BCUT2D eigenvalue weighted by atomic mass is 10.0. The normalized spacial score (nSPS) is 16.9. The minimum absolute atomic E-state index is 0.0728. The highest BCUT2D eigenvalue weighted by atomic mass is 35.5. The Labute approximate surface area is 166 Å². The van der Waals surface area contributed by atoms with Gasteiger partial charge in [-0.1, -0.05) is 29.8 Å². The first kappa shape index (κ1) is 19.6. The number of hydrogen-bond acceptors (Lipinski definition) is 3. The van der Waals surface area contributed by atoms with Crippen molar-refractivity contribution in [1.82, 2.24) is 4.90 Å². The van der Waals surface area contributed by atoms with Gasteiger partial charge in [0.1, 0.15) is 0 Å². The van der Waals surface area contributed by atoms with Crippen LogP contribution in [0.15, 0.2) is 42.5 Å². The summed E-state index contributed by atoms with van der Waals surface area (Å²) in [6.07, 6.45) is 2.35. The monoisotopic (exact) mass is 387 g/mol. The fraction of sp³-hybridized carbons (Fsp3) is 0.409. The third kappa shape index (κ3) is 4.95. The van der Waals surface area contributed by atoms with Gasteiger partial charge in [-0.2, -0.15) is 0 Å². The minimum atomic E-state index is 0.0728. The standard InChI is InChI=1S/C22H26ClNO3/c1-15(2)27-21-13-17(6-10-20(21)26-3)12-19-9-11-22(25)24(19)14-16-4-7-18(23)8-5-16/h4-8,10,13,15,19H,9,11-12,14H2,1-3H3. The zero-order valence-corrected chi connectivity index (χ0v) is 16.8.